The molecule has 0 aliphatic rings. The van der Waals surface area contributed by atoms with Gasteiger partial charge in [-0.25, -0.2) is 14.4 Å². The summed E-state index contributed by atoms with van der Waals surface area (Å²) in [5.74, 6) is 0.375. The van der Waals surface area contributed by atoms with Gasteiger partial charge in [-0.2, -0.15) is 5.10 Å². The topological polar surface area (TPSA) is 63.1 Å². The first-order valence-corrected chi connectivity index (χ1v) is 8.31. The molecule has 0 aliphatic heterocycles. The average molecular weight is 349 g/mol. The molecule has 0 aliphatic carbocycles. The summed E-state index contributed by atoms with van der Waals surface area (Å²) in [4.78, 5) is 13.6. The number of nitrogens with one attached hydrogen (secondary N) is 1. The molecule has 122 valence electrons. The molecule has 0 radical (unpaired) electrons. The zero-order valence-electron chi connectivity index (χ0n) is 12.9. The van der Waals surface area contributed by atoms with Crippen LogP contribution in [0.15, 0.2) is 66.3 Å². The van der Waals surface area contributed by atoms with Crippen molar-refractivity contribution in [2.45, 2.75) is 0 Å². The van der Waals surface area contributed by atoms with Gasteiger partial charge in [0.15, 0.2) is 5.82 Å². The van der Waals surface area contributed by atoms with Crippen LogP contribution in [0.2, 0.25) is 0 Å². The van der Waals surface area contributed by atoms with Crippen molar-refractivity contribution in [3.8, 4) is 10.4 Å². The summed E-state index contributed by atoms with van der Waals surface area (Å²) in [6.45, 7) is 0. The number of benzene rings is 1. The molecule has 3 heterocycles. The Hall–Kier alpha value is -3.19. The van der Waals surface area contributed by atoms with Gasteiger partial charge in [-0.3, -0.25) is 10.4 Å². The number of pyridine rings is 1. The predicted octanol–water partition coefficient (Wildman–Crippen LogP) is 4.34. The third-order valence-corrected chi connectivity index (χ3v) is 4.69. The lowest BCUT2D eigenvalue weighted by Gasteiger charge is -1.99. The van der Waals surface area contributed by atoms with Gasteiger partial charge in [0.05, 0.1) is 16.4 Å². The van der Waals surface area contributed by atoms with Gasteiger partial charge >= 0.3 is 0 Å². The maximum Gasteiger partial charge on any atom is 0.167 e. The quantitative estimate of drug-likeness (QED) is 0.440. The Balaban J connectivity index is 1.63. The van der Waals surface area contributed by atoms with Crippen LogP contribution >= 0.6 is 11.3 Å². The van der Waals surface area contributed by atoms with Gasteiger partial charge in [-0.1, -0.05) is 18.2 Å². The van der Waals surface area contributed by atoms with Gasteiger partial charge in [-0.15, -0.1) is 11.3 Å². The molecular weight excluding hydrogens is 337 g/mol. The number of hydrogen-bond acceptors (Lipinski definition) is 6. The third kappa shape index (κ3) is 3.36. The summed E-state index contributed by atoms with van der Waals surface area (Å²) in [5.41, 5.74) is 5.60. The van der Waals surface area contributed by atoms with E-state index in [-0.39, 0.29) is 5.82 Å². The van der Waals surface area contributed by atoms with Gasteiger partial charge < -0.3 is 0 Å². The minimum Gasteiger partial charge on any atom is -0.264 e. The van der Waals surface area contributed by atoms with Crippen molar-refractivity contribution in [2.75, 3.05) is 5.43 Å². The van der Waals surface area contributed by atoms with Crippen LogP contribution in [0.3, 0.4) is 0 Å². The van der Waals surface area contributed by atoms with Gasteiger partial charge in [-0.05, 0) is 29.8 Å². The second-order valence-electron chi connectivity index (χ2n) is 5.21. The zero-order chi connectivity index (χ0) is 17.1. The van der Waals surface area contributed by atoms with Crippen molar-refractivity contribution in [1.29, 1.82) is 0 Å². The summed E-state index contributed by atoms with van der Waals surface area (Å²) in [5, 5.41) is 4.21. The first-order valence-electron chi connectivity index (χ1n) is 7.49. The highest BCUT2D eigenvalue weighted by molar-refractivity contribution is 7.22. The number of anilines is 1. The molecule has 1 aromatic carbocycles. The van der Waals surface area contributed by atoms with E-state index in [1.54, 1.807) is 30.7 Å². The molecule has 1 N–H and O–H groups in total. The Morgan fingerprint density at radius 2 is 2.00 bits per heavy atom. The smallest absolute Gasteiger partial charge is 0.167 e. The molecule has 0 unspecified atom stereocenters. The van der Waals surface area contributed by atoms with E-state index in [0.717, 1.165) is 26.2 Å². The van der Waals surface area contributed by atoms with E-state index in [9.17, 15) is 4.39 Å². The normalized spacial score (nSPS) is 11.2. The molecule has 4 aromatic rings. The SMILES string of the molecule is Fc1ccc(-c2cc3ncnc(NN=Cc4cccnc4)c3s2)cc1. The summed E-state index contributed by atoms with van der Waals surface area (Å²) in [7, 11) is 0. The minimum absolute atomic E-state index is 0.253. The number of halogens is 1. The number of rotatable bonds is 4. The Labute approximate surface area is 146 Å². The van der Waals surface area contributed by atoms with Gasteiger partial charge in [0, 0.05) is 22.8 Å². The standard InChI is InChI=1S/C18H12FN5S/c19-14-5-3-13(4-6-14)16-8-15-17(25-16)18(22-11-21-15)24-23-10-12-2-1-7-20-9-12/h1-11H,(H,21,22,24). The highest BCUT2D eigenvalue weighted by atomic mass is 32.1. The number of thiophene rings is 1. The molecule has 5 nitrogen and oxygen atoms in total. The minimum atomic E-state index is -0.253. The van der Waals surface area contributed by atoms with E-state index >= 15 is 0 Å². The molecule has 0 amide bonds. The number of hydrogen-bond donors (Lipinski definition) is 1. The van der Waals surface area contributed by atoms with Crippen LogP contribution in [-0.2, 0) is 0 Å². The monoisotopic (exact) mass is 349 g/mol. The Morgan fingerprint density at radius 3 is 2.80 bits per heavy atom. The van der Waals surface area contributed by atoms with Crippen LogP contribution in [-0.4, -0.2) is 21.2 Å². The highest BCUT2D eigenvalue weighted by Crippen LogP contribution is 2.35. The molecule has 0 saturated carbocycles. The second kappa shape index (κ2) is 6.74. The fraction of sp³-hybridized carbons (Fsp3) is 0. The number of hydrazone groups is 1. The first kappa shape index (κ1) is 15.3. The Bertz CT molecular complexity index is 1030. The number of nitrogens with zero attached hydrogens (tertiary/aromatic N) is 4. The fourth-order valence-corrected chi connectivity index (χ4v) is 3.37. The molecule has 0 saturated heterocycles. The molecule has 0 spiro atoms. The molecule has 25 heavy (non-hydrogen) atoms. The fourth-order valence-electron chi connectivity index (χ4n) is 2.31. The molecule has 3 aromatic heterocycles. The van der Waals surface area contributed by atoms with Crippen LogP contribution < -0.4 is 5.43 Å². The van der Waals surface area contributed by atoms with Gasteiger partial charge in [0.1, 0.15) is 12.1 Å². The lowest BCUT2D eigenvalue weighted by molar-refractivity contribution is 0.628. The van der Waals surface area contributed by atoms with Crippen LogP contribution in [0.5, 0.6) is 0 Å². The molecule has 0 atom stereocenters. The lowest BCUT2D eigenvalue weighted by Crippen LogP contribution is -1.94. The van der Waals surface area contributed by atoms with E-state index in [4.69, 9.17) is 0 Å². The van der Waals surface area contributed by atoms with Crippen molar-refractivity contribution in [2.24, 2.45) is 5.10 Å². The van der Waals surface area contributed by atoms with E-state index in [2.05, 4.69) is 25.5 Å². The van der Waals surface area contributed by atoms with Crippen molar-refractivity contribution in [3.63, 3.8) is 0 Å². The summed E-state index contributed by atoms with van der Waals surface area (Å²) < 4.78 is 14.0. The van der Waals surface area contributed by atoms with Crippen molar-refractivity contribution in [3.05, 3.63) is 72.6 Å². The Kier molecular flexibility index (Phi) is 4.14. The largest absolute Gasteiger partial charge is 0.264 e. The van der Waals surface area contributed by atoms with Crippen molar-refractivity contribution >= 4 is 33.6 Å². The second-order valence-corrected chi connectivity index (χ2v) is 6.26. The Morgan fingerprint density at radius 1 is 1.12 bits per heavy atom. The number of aromatic nitrogens is 3. The molecule has 7 heteroatoms. The maximum absolute atomic E-state index is 13.1. The molecule has 0 fully saturated rings. The highest BCUT2D eigenvalue weighted by Gasteiger charge is 2.10. The van der Waals surface area contributed by atoms with Gasteiger partial charge in [0.2, 0.25) is 0 Å². The van der Waals surface area contributed by atoms with Crippen LogP contribution in [0.25, 0.3) is 20.7 Å². The van der Waals surface area contributed by atoms with Crippen LogP contribution in [0.1, 0.15) is 5.56 Å². The molecule has 4 rings (SSSR count). The van der Waals surface area contributed by atoms with Crippen molar-refractivity contribution in [1.82, 2.24) is 15.0 Å². The van der Waals surface area contributed by atoms with E-state index in [0.29, 0.717) is 5.82 Å². The van der Waals surface area contributed by atoms with E-state index in [1.807, 2.05) is 18.2 Å². The average Bonchev–Trinajstić information content (AvgIpc) is 3.08. The zero-order valence-corrected chi connectivity index (χ0v) is 13.7. The summed E-state index contributed by atoms with van der Waals surface area (Å²) in [6, 6.07) is 12.1. The maximum atomic E-state index is 13.1. The summed E-state index contributed by atoms with van der Waals surface area (Å²) in [6.07, 6.45) is 6.60. The van der Waals surface area contributed by atoms with Crippen molar-refractivity contribution < 1.29 is 4.39 Å². The first-order chi connectivity index (χ1) is 12.3. The summed E-state index contributed by atoms with van der Waals surface area (Å²) >= 11 is 1.53. The van der Waals surface area contributed by atoms with Gasteiger partial charge in [0.25, 0.3) is 0 Å². The third-order valence-electron chi connectivity index (χ3n) is 3.51. The van der Waals surface area contributed by atoms with Crippen LogP contribution in [0, 0.1) is 5.82 Å². The molecular formula is C18H12FN5S. The predicted molar refractivity (Wildman–Crippen MR) is 98.3 cm³/mol. The van der Waals surface area contributed by atoms with E-state index in [1.165, 1.54) is 29.8 Å². The van der Waals surface area contributed by atoms with E-state index < -0.39 is 0 Å². The molecule has 0 bridgehead atoms. The van der Waals surface area contributed by atoms with Crippen LogP contribution in [0.4, 0.5) is 10.2 Å². The lowest BCUT2D eigenvalue weighted by atomic mass is 10.2. The number of fused-ring (bicyclic) bond motifs is 1.